The minimum Gasteiger partial charge on any atom is -0.455 e. The van der Waals surface area contributed by atoms with Gasteiger partial charge in [-0.3, -0.25) is 4.57 Å². The van der Waals surface area contributed by atoms with Crippen molar-refractivity contribution in [1.82, 2.24) is 14.5 Å². The fourth-order valence-electron chi connectivity index (χ4n) is 7.94. The SMILES string of the molecule is c1ccc(-c2nc(-n3c4ccccc4c4c5ccc6c7ccccc7oc6c5c5ccccc5c43)nc3ccc4ccccc4c23)cc1. The first-order valence-corrected chi connectivity index (χ1v) is 16.3. The second kappa shape index (κ2) is 9.50. The minimum atomic E-state index is 0.650. The van der Waals surface area contributed by atoms with Crippen LogP contribution in [0.5, 0.6) is 0 Å². The molecular weight excluding hydrogens is 587 g/mol. The summed E-state index contributed by atoms with van der Waals surface area (Å²) in [6.07, 6.45) is 0. The fourth-order valence-corrected chi connectivity index (χ4v) is 7.94. The van der Waals surface area contributed by atoms with E-state index in [1.807, 2.05) is 6.07 Å². The molecule has 0 saturated heterocycles. The van der Waals surface area contributed by atoms with Crippen LogP contribution >= 0.6 is 0 Å². The average molecular weight is 612 g/mol. The van der Waals surface area contributed by atoms with Crippen LogP contribution < -0.4 is 0 Å². The lowest BCUT2D eigenvalue weighted by atomic mass is 9.95. The van der Waals surface area contributed by atoms with Crippen molar-refractivity contribution < 1.29 is 4.42 Å². The molecule has 0 amide bonds. The number of furan rings is 1. The van der Waals surface area contributed by atoms with Crippen LogP contribution in [0.15, 0.2) is 156 Å². The molecular formula is C44H25N3O. The Hall–Kier alpha value is -6.52. The number of hydrogen-bond donors (Lipinski definition) is 0. The lowest BCUT2D eigenvalue weighted by Gasteiger charge is -2.15. The first-order chi connectivity index (χ1) is 23.8. The summed E-state index contributed by atoms with van der Waals surface area (Å²) in [4.78, 5) is 10.8. The molecule has 0 fully saturated rings. The van der Waals surface area contributed by atoms with Gasteiger partial charge < -0.3 is 4.42 Å². The monoisotopic (exact) mass is 611 g/mol. The topological polar surface area (TPSA) is 43.9 Å². The number of nitrogens with zero attached hydrogens (tertiary/aromatic N) is 3. The van der Waals surface area contributed by atoms with Crippen molar-refractivity contribution in [3.05, 3.63) is 152 Å². The van der Waals surface area contributed by atoms with E-state index in [-0.39, 0.29) is 0 Å². The molecule has 222 valence electrons. The van der Waals surface area contributed by atoms with Gasteiger partial charge in [0, 0.05) is 43.3 Å². The van der Waals surface area contributed by atoms with Gasteiger partial charge in [-0.1, -0.05) is 127 Å². The molecule has 11 aromatic rings. The number of rotatable bonds is 2. The zero-order valence-corrected chi connectivity index (χ0v) is 25.7. The van der Waals surface area contributed by atoms with Crippen LogP contribution in [0.25, 0.3) is 104 Å². The van der Waals surface area contributed by atoms with E-state index in [2.05, 4.69) is 150 Å². The number of para-hydroxylation sites is 2. The van der Waals surface area contributed by atoms with Gasteiger partial charge in [-0.25, -0.2) is 9.97 Å². The van der Waals surface area contributed by atoms with E-state index in [0.29, 0.717) is 5.95 Å². The normalized spacial score (nSPS) is 12.2. The average Bonchev–Trinajstić information content (AvgIpc) is 3.71. The van der Waals surface area contributed by atoms with Crippen molar-refractivity contribution in [2.24, 2.45) is 0 Å². The fraction of sp³-hybridized carbons (Fsp3) is 0. The van der Waals surface area contributed by atoms with Crippen molar-refractivity contribution in [1.29, 1.82) is 0 Å². The van der Waals surface area contributed by atoms with Gasteiger partial charge in [0.2, 0.25) is 5.95 Å². The maximum absolute atomic E-state index is 6.64. The molecule has 0 bridgehead atoms. The van der Waals surface area contributed by atoms with Crippen molar-refractivity contribution >= 4 is 87.0 Å². The molecule has 3 aromatic heterocycles. The van der Waals surface area contributed by atoms with E-state index in [1.54, 1.807) is 0 Å². The predicted octanol–water partition coefficient (Wildman–Crippen LogP) is 11.8. The molecule has 0 atom stereocenters. The van der Waals surface area contributed by atoms with Crippen LogP contribution in [0.3, 0.4) is 0 Å². The molecule has 3 heterocycles. The van der Waals surface area contributed by atoms with Gasteiger partial charge >= 0.3 is 0 Å². The first kappa shape index (κ1) is 25.6. The first-order valence-electron chi connectivity index (χ1n) is 16.3. The number of hydrogen-bond acceptors (Lipinski definition) is 3. The summed E-state index contributed by atoms with van der Waals surface area (Å²) in [5.41, 5.74) is 6.87. The van der Waals surface area contributed by atoms with E-state index < -0.39 is 0 Å². The molecule has 0 radical (unpaired) electrons. The highest BCUT2D eigenvalue weighted by Gasteiger charge is 2.24. The Morgan fingerprint density at radius 3 is 2.00 bits per heavy atom. The van der Waals surface area contributed by atoms with Crippen LogP contribution in [-0.4, -0.2) is 14.5 Å². The maximum atomic E-state index is 6.64. The van der Waals surface area contributed by atoms with E-state index >= 15 is 0 Å². The third-order valence-corrected chi connectivity index (χ3v) is 9.97. The van der Waals surface area contributed by atoms with E-state index in [9.17, 15) is 0 Å². The van der Waals surface area contributed by atoms with Gasteiger partial charge in [0.25, 0.3) is 0 Å². The van der Waals surface area contributed by atoms with Crippen molar-refractivity contribution in [2.75, 3.05) is 0 Å². The summed E-state index contributed by atoms with van der Waals surface area (Å²) in [5.74, 6) is 0.650. The summed E-state index contributed by atoms with van der Waals surface area (Å²) in [6.45, 7) is 0. The maximum Gasteiger partial charge on any atom is 0.235 e. The summed E-state index contributed by atoms with van der Waals surface area (Å²) in [7, 11) is 0. The Labute approximate surface area is 274 Å². The number of fused-ring (bicyclic) bond motifs is 15. The second-order valence-corrected chi connectivity index (χ2v) is 12.5. The molecule has 11 rings (SSSR count). The lowest BCUT2D eigenvalue weighted by Crippen LogP contribution is -2.04. The van der Waals surface area contributed by atoms with Crippen molar-refractivity contribution in [2.45, 2.75) is 0 Å². The van der Waals surface area contributed by atoms with Crippen LogP contribution in [0.2, 0.25) is 0 Å². The molecule has 0 aliphatic heterocycles. The highest BCUT2D eigenvalue weighted by atomic mass is 16.3. The Balaban J connectivity index is 1.35. The Morgan fingerprint density at radius 2 is 1.12 bits per heavy atom. The molecule has 0 saturated carbocycles. The van der Waals surface area contributed by atoms with Gasteiger partial charge in [-0.15, -0.1) is 0 Å². The zero-order valence-electron chi connectivity index (χ0n) is 25.7. The Morgan fingerprint density at radius 1 is 0.438 bits per heavy atom. The Bertz CT molecular complexity index is 3120. The molecule has 0 spiro atoms. The molecule has 0 N–H and O–H groups in total. The van der Waals surface area contributed by atoms with E-state index in [0.717, 1.165) is 87.4 Å². The summed E-state index contributed by atoms with van der Waals surface area (Å²) in [6, 6.07) is 53.4. The predicted molar refractivity (Wildman–Crippen MR) is 199 cm³/mol. The van der Waals surface area contributed by atoms with Crippen molar-refractivity contribution in [3.63, 3.8) is 0 Å². The van der Waals surface area contributed by atoms with Crippen LogP contribution in [-0.2, 0) is 0 Å². The molecule has 0 aliphatic carbocycles. The highest BCUT2D eigenvalue weighted by molar-refractivity contribution is 6.36. The van der Waals surface area contributed by atoms with Gasteiger partial charge in [0.1, 0.15) is 11.2 Å². The molecule has 0 aliphatic rings. The van der Waals surface area contributed by atoms with E-state index in [1.165, 1.54) is 10.8 Å². The van der Waals surface area contributed by atoms with Gasteiger partial charge in [-0.2, -0.15) is 0 Å². The quantitative estimate of drug-likeness (QED) is 0.183. The molecule has 0 unspecified atom stereocenters. The summed E-state index contributed by atoms with van der Waals surface area (Å²) in [5, 5.41) is 12.5. The zero-order chi connectivity index (χ0) is 31.3. The standard InChI is InChI=1S/C44H25N3O/c1-2-13-27(14-3-1)41-40-28-15-5-4-12-26(28)22-25-35(40)45-44(46-41)47-36-20-10-8-19-33(36)38-34-24-23-32-29-16-9-11-21-37(29)48-43(32)39(34)30-17-6-7-18-31(30)42(38)47/h1-25H. The van der Waals surface area contributed by atoms with Crippen molar-refractivity contribution in [3.8, 4) is 17.2 Å². The molecule has 8 aromatic carbocycles. The highest BCUT2D eigenvalue weighted by Crippen LogP contribution is 2.46. The summed E-state index contributed by atoms with van der Waals surface area (Å²) < 4.78 is 8.92. The smallest absolute Gasteiger partial charge is 0.235 e. The van der Waals surface area contributed by atoms with E-state index in [4.69, 9.17) is 14.4 Å². The van der Waals surface area contributed by atoms with Crippen LogP contribution in [0.1, 0.15) is 0 Å². The van der Waals surface area contributed by atoms with Crippen LogP contribution in [0.4, 0.5) is 0 Å². The third kappa shape index (κ3) is 3.38. The molecule has 4 heteroatoms. The molecule has 4 nitrogen and oxygen atoms in total. The van der Waals surface area contributed by atoms with Crippen LogP contribution in [0, 0.1) is 0 Å². The van der Waals surface area contributed by atoms with Gasteiger partial charge in [0.05, 0.1) is 22.2 Å². The largest absolute Gasteiger partial charge is 0.455 e. The van der Waals surface area contributed by atoms with Gasteiger partial charge in [0.15, 0.2) is 0 Å². The lowest BCUT2D eigenvalue weighted by molar-refractivity contribution is 0.673. The third-order valence-electron chi connectivity index (χ3n) is 9.97. The van der Waals surface area contributed by atoms with Gasteiger partial charge in [-0.05, 0) is 45.8 Å². The number of benzene rings is 8. The minimum absolute atomic E-state index is 0.650. The molecule has 48 heavy (non-hydrogen) atoms. The number of aromatic nitrogens is 3. The second-order valence-electron chi connectivity index (χ2n) is 12.5. The summed E-state index contributed by atoms with van der Waals surface area (Å²) >= 11 is 0. The Kier molecular flexibility index (Phi) is 5.08.